The van der Waals surface area contributed by atoms with Crippen LogP contribution in [0.1, 0.15) is 42.3 Å². The van der Waals surface area contributed by atoms with Gasteiger partial charge in [0.1, 0.15) is 0 Å². The zero-order valence-electron chi connectivity index (χ0n) is 13.6. The topological polar surface area (TPSA) is 29.1 Å². The molecule has 0 aliphatic rings. The van der Waals surface area contributed by atoms with Crippen molar-refractivity contribution in [3.8, 4) is 0 Å². The van der Waals surface area contributed by atoms with E-state index in [1.165, 1.54) is 5.56 Å². The van der Waals surface area contributed by atoms with E-state index in [9.17, 15) is 4.79 Å². The number of hydrogen-bond donors (Lipinski definition) is 1. The van der Waals surface area contributed by atoms with Crippen LogP contribution < -0.4 is 5.32 Å². The first-order chi connectivity index (χ1) is 10.3. The summed E-state index contributed by atoms with van der Waals surface area (Å²) in [4.78, 5) is 13.4. The SMILES string of the molecule is [CH2]c1ccc(NC(=O)c2ccc(C(C)(C)C)cc2)cc1SC. The molecule has 0 bridgehead atoms. The third-order valence-corrected chi connectivity index (χ3v) is 4.38. The van der Waals surface area contributed by atoms with E-state index in [4.69, 9.17) is 0 Å². The van der Waals surface area contributed by atoms with Crippen LogP contribution in [-0.2, 0) is 5.41 Å². The summed E-state index contributed by atoms with van der Waals surface area (Å²) < 4.78 is 0. The van der Waals surface area contributed by atoms with E-state index in [0.717, 1.165) is 16.1 Å². The molecular formula is C19H22NOS. The highest BCUT2D eigenvalue weighted by Crippen LogP contribution is 2.25. The van der Waals surface area contributed by atoms with Gasteiger partial charge in [0.2, 0.25) is 0 Å². The minimum absolute atomic E-state index is 0.0895. The molecule has 0 aromatic heterocycles. The predicted octanol–water partition coefficient (Wildman–Crippen LogP) is 5.14. The van der Waals surface area contributed by atoms with E-state index in [2.05, 4.69) is 33.0 Å². The second kappa shape index (κ2) is 6.57. The Labute approximate surface area is 137 Å². The summed E-state index contributed by atoms with van der Waals surface area (Å²) in [6.45, 7) is 10.4. The molecule has 2 nitrogen and oxygen atoms in total. The van der Waals surface area contributed by atoms with Gasteiger partial charge in [-0.2, -0.15) is 0 Å². The molecule has 0 heterocycles. The van der Waals surface area contributed by atoms with Crippen molar-refractivity contribution in [2.45, 2.75) is 31.1 Å². The van der Waals surface area contributed by atoms with Crippen molar-refractivity contribution in [1.82, 2.24) is 0 Å². The molecule has 1 amide bonds. The van der Waals surface area contributed by atoms with Gasteiger partial charge in [-0.05, 0) is 54.0 Å². The molecule has 1 radical (unpaired) electrons. The largest absolute Gasteiger partial charge is 0.322 e. The lowest BCUT2D eigenvalue weighted by Crippen LogP contribution is -2.14. The van der Waals surface area contributed by atoms with E-state index in [1.807, 2.05) is 48.7 Å². The number of nitrogens with one attached hydrogen (secondary N) is 1. The summed E-state index contributed by atoms with van der Waals surface area (Å²) in [7, 11) is 0. The van der Waals surface area contributed by atoms with Gasteiger partial charge in [0.25, 0.3) is 5.91 Å². The maximum atomic E-state index is 12.3. The number of carbonyl (C=O) groups is 1. The van der Waals surface area contributed by atoms with Crippen LogP contribution in [-0.4, -0.2) is 12.2 Å². The first-order valence-electron chi connectivity index (χ1n) is 7.23. The second-order valence-corrected chi connectivity index (χ2v) is 7.16. The third kappa shape index (κ3) is 3.92. The average molecular weight is 312 g/mol. The molecule has 22 heavy (non-hydrogen) atoms. The van der Waals surface area contributed by atoms with Crippen LogP contribution in [0.3, 0.4) is 0 Å². The average Bonchev–Trinajstić information content (AvgIpc) is 2.48. The molecule has 0 unspecified atom stereocenters. The number of carbonyl (C=O) groups excluding carboxylic acids is 1. The Morgan fingerprint density at radius 1 is 1.09 bits per heavy atom. The first kappa shape index (κ1) is 16.6. The Balaban J connectivity index is 2.15. The Bertz CT molecular complexity index is 669. The van der Waals surface area contributed by atoms with Crippen molar-refractivity contribution < 1.29 is 4.79 Å². The van der Waals surface area contributed by atoms with E-state index in [1.54, 1.807) is 11.8 Å². The number of benzene rings is 2. The van der Waals surface area contributed by atoms with Crippen LogP contribution in [0.5, 0.6) is 0 Å². The normalized spacial score (nSPS) is 11.3. The van der Waals surface area contributed by atoms with Gasteiger partial charge in [0, 0.05) is 16.1 Å². The number of anilines is 1. The highest BCUT2D eigenvalue weighted by Gasteiger charge is 2.14. The smallest absolute Gasteiger partial charge is 0.255 e. The number of hydrogen-bond acceptors (Lipinski definition) is 2. The molecule has 0 saturated carbocycles. The summed E-state index contributed by atoms with van der Waals surface area (Å²) in [6.07, 6.45) is 2.00. The van der Waals surface area contributed by atoms with Gasteiger partial charge in [0.15, 0.2) is 0 Å². The van der Waals surface area contributed by atoms with Crippen LogP contribution in [0.2, 0.25) is 0 Å². The van der Waals surface area contributed by atoms with Crippen LogP contribution in [0.4, 0.5) is 5.69 Å². The second-order valence-electron chi connectivity index (χ2n) is 6.31. The Hall–Kier alpha value is -1.74. The van der Waals surface area contributed by atoms with E-state index in [-0.39, 0.29) is 11.3 Å². The zero-order chi connectivity index (χ0) is 16.3. The summed E-state index contributed by atoms with van der Waals surface area (Å²) >= 11 is 1.62. The lowest BCUT2D eigenvalue weighted by atomic mass is 9.87. The highest BCUT2D eigenvalue weighted by atomic mass is 32.2. The summed E-state index contributed by atoms with van der Waals surface area (Å²) in [5.41, 5.74) is 3.74. The number of thioether (sulfide) groups is 1. The molecule has 0 spiro atoms. The van der Waals surface area contributed by atoms with E-state index >= 15 is 0 Å². The quantitative estimate of drug-likeness (QED) is 0.795. The molecule has 115 valence electrons. The van der Waals surface area contributed by atoms with Gasteiger partial charge in [-0.1, -0.05) is 39.0 Å². The maximum Gasteiger partial charge on any atom is 0.255 e. The maximum absolute atomic E-state index is 12.3. The van der Waals surface area contributed by atoms with Gasteiger partial charge in [-0.3, -0.25) is 4.79 Å². The van der Waals surface area contributed by atoms with Crippen LogP contribution >= 0.6 is 11.8 Å². The minimum atomic E-state index is -0.0932. The molecule has 2 aromatic rings. The summed E-state index contributed by atoms with van der Waals surface area (Å²) in [5.74, 6) is -0.0932. The Kier molecular flexibility index (Phi) is 4.97. The molecule has 3 heteroatoms. The monoisotopic (exact) mass is 312 g/mol. The number of rotatable bonds is 3. The standard InChI is InChI=1S/C19H22NOS/c1-13-6-11-16(12-17(13)22-5)20-18(21)14-7-9-15(10-8-14)19(2,3)4/h6-12H,1H2,2-5H3,(H,20,21). The van der Waals surface area contributed by atoms with E-state index in [0.29, 0.717) is 5.56 Å². The van der Waals surface area contributed by atoms with Gasteiger partial charge in [-0.15, -0.1) is 11.8 Å². The molecule has 0 aliphatic heterocycles. The Morgan fingerprint density at radius 3 is 2.27 bits per heavy atom. The predicted molar refractivity (Wildman–Crippen MR) is 95.8 cm³/mol. The van der Waals surface area contributed by atoms with Crippen molar-refractivity contribution in [2.24, 2.45) is 0 Å². The van der Waals surface area contributed by atoms with Crippen molar-refractivity contribution in [3.63, 3.8) is 0 Å². The Morgan fingerprint density at radius 2 is 1.73 bits per heavy atom. The van der Waals surface area contributed by atoms with Crippen molar-refractivity contribution in [2.75, 3.05) is 11.6 Å². The lowest BCUT2D eigenvalue weighted by Gasteiger charge is -2.19. The lowest BCUT2D eigenvalue weighted by molar-refractivity contribution is 0.102. The van der Waals surface area contributed by atoms with Gasteiger partial charge < -0.3 is 5.32 Å². The van der Waals surface area contributed by atoms with Gasteiger partial charge in [-0.25, -0.2) is 0 Å². The molecule has 0 aliphatic carbocycles. The number of amides is 1. The fourth-order valence-corrected chi connectivity index (χ4v) is 2.72. The molecular weight excluding hydrogens is 290 g/mol. The highest BCUT2D eigenvalue weighted by molar-refractivity contribution is 7.98. The molecule has 0 saturated heterocycles. The fourth-order valence-electron chi connectivity index (χ4n) is 2.15. The van der Waals surface area contributed by atoms with Crippen molar-refractivity contribution in [1.29, 1.82) is 0 Å². The fraction of sp³-hybridized carbons (Fsp3) is 0.263. The molecule has 0 atom stereocenters. The van der Waals surface area contributed by atoms with Gasteiger partial charge >= 0.3 is 0 Å². The third-order valence-electron chi connectivity index (χ3n) is 3.56. The van der Waals surface area contributed by atoms with Crippen molar-refractivity contribution >= 4 is 23.4 Å². The van der Waals surface area contributed by atoms with Crippen LogP contribution in [0.25, 0.3) is 0 Å². The van der Waals surface area contributed by atoms with E-state index < -0.39 is 0 Å². The molecule has 2 rings (SSSR count). The zero-order valence-corrected chi connectivity index (χ0v) is 14.4. The minimum Gasteiger partial charge on any atom is -0.322 e. The van der Waals surface area contributed by atoms with Crippen LogP contribution in [0, 0.1) is 6.92 Å². The van der Waals surface area contributed by atoms with Crippen molar-refractivity contribution in [3.05, 3.63) is 66.1 Å². The summed E-state index contributed by atoms with van der Waals surface area (Å²) in [5, 5.41) is 2.94. The van der Waals surface area contributed by atoms with Gasteiger partial charge in [0.05, 0.1) is 0 Å². The van der Waals surface area contributed by atoms with Crippen LogP contribution in [0.15, 0.2) is 47.4 Å². The molecule has 2 aromatic carbocycles. The first-order valence-corrected chi connectivity index (χ1v) is 8.45. The molecule has 1 N–H and O–H groups in total. The molecule has 0 fully saturated rings. The summed E-state index contributed by atoms with van der Waals surface area (Å²) in [6, 6.07) is 13.5.